The van der Waals surface area contributed by atoms with Gasteiger partial charge in [0.1, 0.15) is 6.33 Å². The molecular formula is C39H63N5O5. The number of ketones is 1. The Labute approximate surface area is 294 Å². The second kappa shape index (κ2) is 11.9. The van der Waals surface area contributed by atoms with Gasteiger partial charge in [0, 0.05) is 21.8 Å². The Kier molecular flexibility index (Phi) is 8.92. The molecule has 274 valence electrons. The lowest BCUT2D eigenvalue weighted by Crippen LogP contribution is -2.70. The van der Waals surface area contributed by atoms with E-state index in [-0.39, 0.29) is 46.6 Å². The minimum atomic E-state index is -1.02. The topological polar surface area (TPSA) is 120 Å². The van der Waals surface area contributed by atoms with Crippen molar-refractivity contribution in [2.24, 2.45) is 62.6 Å². The summed E-state index contributed by atoms with van der Waals surface area (Å²) in [6.07, 6.45) is 7.67. The van der Waals surface area contributed by atoms with Gasteiger partial charge in [0.2, 0.25) is 0 Å². The van der Waals surface area contributed by atoms with Gasteiger partial charge in [0.05, 0.1) is 37.9 Å². The van der Waals surface area contributed by atoms with E-state index in [9.17, 15) is 14.7 Å². The fourth-order valence-corrected chi connectivity index (χ4v) is 12.3. The molecule has 0 amide bonds. The van der Waals surface area contributed by atoms with Crippen LogP contribution in [-0.4, -0.2) is 87.5 Å². The third kappa shape index (κ3) is 4.84. The number of carbonyl (C=O) groups is 2. The molecule has 4 aliphatic carbocycles. The quantitative estimate of drug-likeness (QED) is 0.318. The fraction of sp³-hybridized carbons (Fsp3) is 0.872. The zero-order valence-corrected chi connectivity index (χ0v) is 32.2. The van der Waals surface area contributed by atoms with Crippen molar-refractivity contribution in [3.05, 3.63) is 18.0 Å². The zero-order valence-electron chi connectivity index (χ0n) is 32.2. The summed E-state index contributed by atoms with van der Waals surface area (Å²) in [7, 11) is 4.24. The van der Waals surface area contributed by atoms with Gasteiger partial charge in [-0.2, -0.15) is 0 Å². The number of nitrogens with zero attached hydrogens (tertiary/aromatic N) is 5. The first-order valence-electron chi connectivity index (χ1n) is 18.8. The van der Waals surface area contributed by atoms with Crippen molar-refractivity contribution in [1.29, 1.82) is 0 Å². The number of fused-ring (bicyclic) bond motifs is 3. The first kappa shape index (κ1) is 36.6. The molecule has 4 fully saturated rings. The maximum Gasteiger partial charge on any atom is 0.308 e. The van der Waals surface area contributed by atoms with Crippen molar-refractivity contribution in [2.75, 3.05) is 33.9 Å². The highest BCUT2D eigenvalue weighted by atomic mass is 16.5. The molecule has 2 heterocycles. The standard InChI is InChI=1S/C39H63N5O5/c1-23(2)25(5)34(6)15-16-36(8)26-13-14-29-35(7)19-48-21-39(29,27(26)17-30(45)38(36,10)31(34)33(46)47)18-28(44-22-40-41-42-44)32(35)49-20-37(9,24(3)4)43(11)12/h17,22-26,28-29,31-32H,13-16,18-21H2,1-12H3,(H,46,47)/t25-,26+,28-,29+,31-,32+,34-,35?,36-,37?,38+,39+/m1/s1. The molecule has 2 unspecified atom stereocenters. The van der Waals surface area contributed by atoms with Crippen LogP contribution in [0.25, 0.3) is 0 Å². The van der Waals surface area contributed by atoms with Crippen molar-refractivity contribution in [1.82, 2.24) is 25.1 Å². The lowest BCUT2D eigenvalue weighted by atomic mass is 9.34. The summed E-state index contributed by atoms with van der Waals surface area (Å²) in [5, 5.41) is 23.6. The summed E-state index contributed by atoms with van der Waals surface area (Å²) in [4.78, 5) is 30.7. The molecular weight excluding hydrogens is 618 g/mol. The predicted octanol–water partition coefficient (Wildman–Crippen LogP) is 6.34. The van der Waals surface area contributed by atoms with Crippen LogP contribution >= 0.6 is 0 Å². The van der Waals surface area contributed by atoms with Crippen LogP contribution < -0.4 is 0 Å². The fourth-order valence-electron chi connectivity index (χ4n) is 12.3. The minimum Gasteiger partial charge on any atom is -0.481 e. The number of hydrogen-bond donors (Lipinski definition) is 1. The second-order valence-electron chi connectivity index (χ2n) is 18.9. The smallest absolute Gasteiger partial charge is 0.308 e. The number of ether oxygens (including phenoxy) is 2. The number of tetrazole rings is 1. The molecule has 1 aromatic rings. The molecule has 12 atom stereocenters. The van der Waals surface area contributed by atoms with Gasteiger partial charge in [-0.05, 0) is 110 Å². The van der Waals surface area contributed by atoms with Crippen LogP contribution in [0, 0.1) is 62.6 Å². The maximum atomic E-state index is 15.0. The van der Waals surface area contributed by atoms with Crippen molar-refractivity contribution in [2.45, 2.75) is 119 Å². The molecule has 0 aromatic carbocycles. The number of aromatic nitrogens is 4. The van der Waals surface area contributed by atoms with E-state index in [0.717, 1.165) is 25.7 Å². The van der Waals surface area contributed by atoms with Gasteiger partial charge in [0.25, 0.3) is 0 Å². The van der Waals surface area contributed by atoms with E-state index in [1.54, 1.807) is 6.33 Å². The van der Waals surface area contributed by atoms with Crippen molar-refractivity contribution < 1.29 is 24.2 Å². The lowest BCUT2D eigenvalue weighted by Gasteiger charge is -2.70. The van der Waals surface area contributed by atoms with Crippen LogP contribution in [0.15, 0.2) is 18.0 Å². The number of carboxylic acid groups (broad SMARTS) is 1. The highest BCUT2D eigenvalue weighted by molar-refractivity contribution is 6.00. The van der Waals surface area contributed by atoms with Crippen molar-refractivity contribution in [3.63, 3.8) is 0 Å². The minimum absolute atomic E-state index is 0.0196. The van der Waals surface area contributed by atoms with Crippen LogP contribution in [0.5, 0.6) is 0 Å². The zero-order chi connectivity index (χ0) is 36.1. The molecule has 0 radical (unpaired) electrons. The molecule has 5 aliphatic rings. The molecule has 1 aromatic heterocycles. The van der Waals surface area contributed by atoms with Gasteiger partial charge < -0.3 is 19.5 Å². The highest BCUT2D eigenvalue weighted by Crippen LogP contribution is 2.74. The molecule has 3 saturated carbocycles. The summed E-state index contributed by atoms with van der Waals surface area (Å²) in [6, 6.07) is -0.150. The van der Waals surface area contributed by atoms with E-state index in [0.29, 0.717) is 38.1 Å². The summed E-state index contributed by atoms with van der Waals surface area (Å²) < 4.78 is 15.7. The van der Waals surface area contributed by atoms with Crippen LogP contribution in [0.2, 0.25) is 0 Å². The third-order valence-corrected chi connectivity index (χ3v) is 16.5. The molecule has 1 aliphatic heterocycles. The van der Waals surface area contributed by atoms with Crippen LogP contribution in [0.3, 0.4) is 0 Å². The van der Waals surface area contributed by atoms with Crippen LogP contribution in [-0.2, 0) is 19.1 Å². The first-order chi connectivity index (χ1) is 22.8. The van der Waals surface area contributed by atoms with E-state index < -0.39 is 33.5 Å². The Morgan fingerprint density at radius 2 is 1.82 bits per heavy atom. The molecule has 0 spiro atoms. The maximum absolute atomic E-state index is 15.0. The third-order valence-electron chi connectivity index (χ3n) is 16.5. The number of aliphatic carboxylic acids is 1. The first-order valence-corrected chi connectivity index (χ1v) is 18.8. The summed E-state index contributed by atoms with van der Waals surface area (Å²) in [5.41, 5.74) is -1.76. The number of rotatable bonds is 9. The Morgan fingerprint density at radius 3 is 2.39 bits per heavy atom. The van der Waals surface area contributed by atoms with Crippen LogP contribution in [0.1, 0.15) is 107 Å². The summed E-state index contributed by atoms with van der Waals surface area (Å²) in [5.74, 6) is -0.459. The molecule has 1 N–H and O–H groups in total. The molecule has 2 bridgehead atoms. The predicted molar refractivity (Wildman–Crippen MR) is 187 cm³/mol. The van der Waals surface area contributed by atoms with Gasteiger partial charge >= 0.3 is 5.97 Å². The average molecular weight is 682 g/mol. The van der Waals surface area contributed by atoms with Gasteiger partial charge in [-0.25, -0.2) is 4.68 Å². The van der Waals surface area contributed by atoms with Gasteiger partial charge in [-0.3, -0.25) is 9.59 Å². The normalized spacial score (nSPS) is 43.8. The number of allylic oxidation sites excluding steroid dienone is 1. The van der Waals surface area contributed by atoms with E-state index in [2.05, 4.69) is 96.8 Å². The molecule has 6 rings (SSSR count). The second-order valence-corrected chi connectivity index (χ2v) is 18.9. The number of hydrogen-bond acceptors (Lipinski definition) is 8. The van der Waals surface area contributed by atoms with Crippen LogP contribution in [0.4, 0.5) is 0 Å². The van der Waals surface area contributed by atoms with E-state index in [1.165, 1.54) is 5.57 Å². The number of carboxylic acids is 1. The Bertz CT molecular complexity index is 1470. The number of likely N-dealkylation sites (N-methyl/N-ethyl adjacent to an activating group) is 1. The van der Waals surface area contributed by atoms with Crippen molar-refractivity contribution >= 4 is 11.8 Å². The van der Waals surface area contributed by atoms with E-state index >= 15 is 0 Å². The van der Waals surface area contributed by atoms with Gasteiger partial charge in [-0.1, -0.05) is 67.9 Å². The van der Waals surface area contributed by atoms with Crippen molar-refractivity contribution in [3.8, 4) is 0 Å². The lowest BCUT2D eigenvalue weighted by molar-refractivity contribution is -0.253. The Balaban J connectivity index is 1.46. The number of carbonyl (C=O) groups excluding carboxylic acids is 1. The molecule has 49 heavy (non-hydrogen) atoms. The Morgan fingerprint density at radius 1 is 1.12 bits per heavy atom. The SMILES string of the molecule is CC(C)[C@@H](C)[C@@]1(C)CC[C@]2(C)[C@H]3CC[C@H]4C5(C)COC[C@@]4(C[C@@H](n4cnnn4)[C@@H]5OCC(C)(C(C)C)N(C)C)C3=CC(=O)[C@@]2(C)[C@@H]1C(=O)O. The van der Waals surface area contributed by atoms with E-state index in [1.807, 2.05) is 17.7 Å². The van der Waals surface area contributed by atoms with E-state index in [4.69, 9.17) is 9.47 Å². The molecule has 1 saturated heterocycles. The van der Waals surface area contributed by atoms with Gasteiger partial charge in [-0.15, -0.1) is 5.10 Å². The highest BCUT2D eigenvalue weighted by Gasteiger charge is 2.74. The largest absolute Gasteiger partial charge is 0.481 e. The summed E-state index contributed by atoms with van der Waals surface area (Å²) >= 11 is 0. The Hall–Kier alpha value is -2.17. The van der Waals surface area contributed by atoms with Gasteiger partial charge in [0.15, 0.2) is 5.78 Å². The summed E-state index contributed by atoms with van der Waals surface area (Å²) in [6.45, 7) is 23.7. The molecule has 10 heteroatoms. The monoisotopic (exact) mass is 681 g/mol. The molecule has 10 nitrogen and oxygen atoms in total. The average Bonchev–Trinajstić information content (AvgIpc) is 3.56.